The molecule has 20 heavy (non-hydrogen) atoms. The summed E-state index contributed by atoms with van der Waals surface area (Å²) in [5, 5.41) is 0. The molecule has 0 radical (unpaired) electrons. The molecule has 0 aliphatic carbocycles. The summed E-state index contributed by atoms with van der Waals surface area (Å²) < 4.78 is 39.9. The molecule has 0 saturated heterocycles. The van der Waals surface area contributed by atoms with Gasteiger partial charge in [-0.05, 0) is 43.2 Å². The van der Waals surface area contributed by atoms with Gasteiger partial charge in [-0.15, -0.1) is 0 Å². The molecule has 1 aliphatic rings. The number of halogens is 1. The van der Waals surface area contributed by atoms with E-state index < -0.39 is 15.8 Å². The van der Waals surface area contributed by atoms with Gasteiger partial charge >= 0.3 is 0 Å². The van der Waals surface area contributed by atoms with Gasteiger partial charge in [-0.2, -0.15) is 0 Å². The molecule has 2 aromatic carbocycles. The van der Waals surface area contributed by atoms with E-state index in [0.29, 0.717) is 18.7 Å². The van der Waals surface area contributed by atoms with Crippen molar-refractivity contribution in [2.45, 2.75) is 18.2 Å². The smallest absolute Gasteiger partial charge is 0.264 e. The fraction of sp³-hybridized carbons (Fsp3) is 0.200. The minimum Gasteiger partial charge on any atom is -0.266 e. The van der Waals surface area contributed by atoms with Crippen LogP contribution in [0.4, 0.5) is 10.1 Å². The van der Waals surface area contributed by atoms with Crippen molar-refractivity contribution in [1.29, 1.82) is 0 Å². The van der Waals surface area contributed by atoms with Crippen LogP contribution in [0.2, 0.25) is 0 Å². The molecule has 5 heteroatoms. The molecular weight excluding hydrogens is 276 g/mol. The summed E-state index contributed by atoms with van der Waals surface area (Å²) in [5.41, 5.74) is 2.31. The molecule has 0 spiro atoms. The molecule has 0 fully saturated rings. The molecule has 104 valence electrons. The number of hydrogen-bond acceptors (Lipinski definition) is 2. The maximum absolute atomic E-state index is 13.4. The lowest BCUT2D eigenvalue weighted by molar-refractivity contribution is 0.592. The quantitative estimate of drug-likeness (QED) is 0.853. The van der Waals surface area contributed by atoms with Gasteiger partial charge in [0.25, 0.3) is 10.0 Å². The van der Waals surface area contributed by atoms with Gasteiger partial charge in [0.05, 0.1) is 10.6 Å². The molecule has 1 heterocycles. The third kappa shape index (κ3) is 2.08. The monoisotopic (exact) mass is 290 g/mol. The Hall–Kier alpha value is -1.88. The summed E-state index contributed by atoms with van der Waals surface area (Å²) in [4.78, 5) is 0.236. The predicted octanol–water partition coefficient (Wildman–Crippen LogP) is 2.89. The van der Waals surface area contributed by atoms with E-state index >= 15 is 0 Å². The lowest BCUT2D eigenvalue weighted by atomic mass is 10.2. The van der Waals surface area contributed by atoms with E-state index in [9.17, 15) is 12.8 Å². The van der Waals surface area contributed by atoms with Gasteiger partial charge in [0.2, 0.25) is 0 Å². The van der Waals surface area contributed by atoms with Gasteiger partial charge in [-0.1, -0.05) is 23.8 Å². The van der Waals surface area contributed by atoms with Gasteiger partial charge in [0.15, 0.2) is 0 Å². The maximum Gasteiger partial charge on any atom is 0.264 e. The first-order valence-electron chi connectivity index (χ1n) is 6.36. The first-order valence-corrected chi connectivity index (χ1v) is 7.80. The molecule has 0 saturated carbocycles. The Bertz CT molecular complexity index is 754. The van der Waals surface area contributed by atoms with Gasteiger partial charge in [-0.25, -0.2) is 12.8 Å². The van der Waals surface area contributed by atoms with Crippen molar-refractivity contribution < 1.29 is 12.8 Å². The molecule has 0 atom stereocenters. The molecule has 1 aliphatic heterocycles. The van der Waals surface area contributed by atoms with Gasteiger partial charge in [0.1, 0.15) is 5.82 Å². The van der Waals surface area contributed by atoms with Crippen molar-refractivity contribution in [2.75, 3.05) is 10.8 Å². The number of fused-ring (bicyclic) bond motifs is 1. The fourth-order valence-electron chi connectivity index (χ4n) is 2.41. The normalized spacial score (nSPS) is 14.4. The van der Waals surface area contributed by atoms with Crippen LogP contribution in [0.15, 0.2) is 47.4 Å². The lowest BCUT2D eigenvalue weighted by Crippen LogP contribution is -2.29. The number of rotatable bonds is 2. The van der Waals surface area contributed by atoms with Crippen molar-refractivity contribution in [1.82, 2.24) is 0 Å². The van der Waals surface area contributed by atoms with Crippen LogP contribution in [0.25, 0.3) is 0 Å². The number of aryl methyl sites for hydroxylation is 1. The SMILES string of the molecule is Cc1ccc(S(=O)(=O)N2CCc3ccc([18F])cc32)cc1. The minimum absolute atomic E-state index is 0.236. The van der Waals surface area contributed by atoms with E-state index in [1.54, 1.807) is 30.3 Å². The van der Waals surface area contributed by atoms with E-state index in [2.05, 4.69) is 0 Å². The molecule has 0 bridgehead atoms. The summed E-state index contributed by atoms with van der Waals surface area (Å²) in [6, 6.07) is 11.0. The number of sulfonamides is 1. The van der Waals surface area contributed by atoms with Crippen LogP contribution in [0.1, 0.15) is 11.1 Å². The summed E-state index contributed by atoms with van der Waals surface area (Å²) >= 11 is 0. The number of anilines is 1. The molecule has 0 unspecified atom stereocenters. The van der Waals surface area contributed by atoms with Crippen LogP contribution in [0, 0.1) is 12.7 Å². The van der Waals surface area contributed by atoms with E-state index in [-0.39, 0.29) is 4.90 Å². The van der Waals surface area contributed by atoms with E-state index in [4.69, 9.17) is 0 Å². The van der Waals surface area contributed by atoms with Crippen LogP contribution in [0.5, 0.6) is 0 Å². The Morgan fingerprint density at radius 1 is 1.10 bits per heavy atom. The molecule has 3 nitrogen and oxygen atoms in total. The van der Waals surface area contributed by atoms with Crippen LogP contribution in [0.3, 0.4) is 0 Å². The zero-order chi connectivity index (χ0) is 14.3. The van der Waals surface area contributed by atoms with Gasteiger partial charge in [-0.3, -0.25) is 4.31 Å². The Balaban J connectivity index is 2.07. The molecule has 0 N–H and O–H groups in total. The Morgan fingerprint density at radius 3 is 2.50 bits per heavy atom. The highest BCUT2D eigenvalue weighted by Crippen LogP contribution is 2.33. The third-order valence-corrected chi connectivity index (χ3v) is 5.34. The average molecular weight is 290 g/mol. The van der Waals surface area contributed by atoms with Gasteiger partial charge < -0.3 is 0 Å². The molecule has 0 aromatic heterocycles. The highest BCUT2D eigenvalue weighted by molar-refractivity contribution is 7.92. The molecule has 2 aromatic rings. The Morgan fingerprint density at radius 2 is 1.80 bits per heavy atom. The second kappa shape index (κ2) is 4.59. The van der Waals surface area contributed by atoms with Crippen molar-refractivity contribution in [3.05, 3.63) is 59.4 Å². The highest BCUT2D eigenvalue weighted by atomic mass is 32.2. The largest absolute Gasteiger partial charge is 0.266 e. The first-order chi connectivity index (χ1) is 9.48. The minimum atomic E-state index is -3.62. The topological polar surface area (TPSA) is 37.4 Å². The van der Waals surface area contributed by atoms with E-state index in [1.807, 2.05) is 6.92 Å². The van der Waals surface area contributed by atoms with Gasteiger partial charge in [0, 0.05) is 6.54 Å². The number of nitrogens with zero attached hydrogens (tertiary/aromatic N) is 1. The van der Waals surface area contributed by atoms with Crippen molar-refractivity contribution in [3.8, 4) is 0 Å². The highest BCUT2D eigenvalue weighted by Gasteiger charge is 2.30. The van der Waals surface area contributed by atoms with Crippen LogP contribution in [-0.2, 0) is 16.4 Å². The predicted molar refractivity (Wildman–Crippen MR) is 75.8 cm³/mol. The van der Waals surface area contributed by atoms with E-state index in [1.165, 1.54) is 16.4 Å². The standard InChI is InChI=1S/C15H14FNO2S/c1-11-2-6-14(7-3-11)20(18,19)17-9-8-12-4-5-13(16)10-15(12)17/h2-7,10H,8-9H2,1H3/i16-1. The van der Waals surface area contributed by atoms with Crippen LogP contribution in [-0.4, -0.2) is 15.0 Å². The zero-order valence-corrected chi connectivity index (χ0v) is 11.8. The number of benzene rings is 2. The molecule has 3 rings (SSSR count). The summed E-state index contributed by atoms with van der Waals surface area (Å²) in [7, 11) is -3.62. The summed E-state index contributed by atoms with van der Waals surface area (Å²) in [5.74, 6) is -0.422. The second-order valence-corrected chi connectivity index (χ2v) is 6.78. The zero-order valence-electron chi connectivity index (χ0n) is 11.0. The average Bonchev–Trinajstić information content (AvgIpc) is 2.82. The first kappa shape index (κ1) is 13.1. The summed E-state index contributed by atoms with van der Waals surface area (Å²) in [6.07, 6.45) is 0.612. The molecule has 0 amide bonds. The Labute approximate surface area is 117 Å². The fourth-order valence-corrected chi connectivity index (χ4v) is 3.91. The second-order valence-electron chi connectivity index (χ2n) is 4.91. The Kier molecular flexibility index (Phi) is 3.01. The van der Waals surface area contributed by atoms with Crippen molar-refractivity contribution in [3.63, 3.8) is 0 Å². The number of hydrogen-bond donors (Lipinski definition) is 0. The van der Waals surface area contributed by atoms with Crippen LogP contribution < -0.4 is 4.31 Å². The van der Waals surface area contributed by atoms with Crippen LogP contribution >= 0.6 is 0 Å². The van der Waals surface area contributed by atoms with Crippen molar-refractivity contribution in [2.24, 2.45) is 0 Å². The van der Waals surface area contributed by atoms with Crippen molar-refractivity contribution >= 4 is 15.7 Å². The lowest BCUT2D eigenvalue weighted by Gasteiger charge is -2.19. The molecular formula is C15H14FNO2S. The van der Waals surface area contributed by atoms with E-state index in [0.717, 1.165) is 11.1 Å². The summed E-state index contributed by atoms with van der Waals surface area (Å²) in [6.45, 7) is 2.26. The maximum atomic E-state index is 13.4. The third-order valence-electron chi connectivity index (χ3n) is 3.51.